The van der Waals surface area contributed by atoms with E-state index in [2.05, 4.69) is 33.8 Å². The van der Waals surface area contributed by atoms with Crippen LogP contribution in [0.25, 0.3) is 10.4 Å². The summed E-state index contributed by atoms with van der Waals surface area (Å²) in [7, 11) is 0. The van der Waals surface area contributed by atoms with Crippen molar-refractivity contribution in [2.24, 2.45) is 16.4 Å². The molecule has 1 aromatic heterocycles. The predicted molar refractivity (Wildman–Crippen MR) is 125 cm³/mol. The molecule has 2 fully saturated rings. The molecule has 2 atom stereocenters. The summed E-state index contributed by atoms with van der Waals surface area (Å²) in [6, 6.07) is 2.58. The Morgan fingerprint density at radius 2 is 2.18 bits per heavy atom. The third kappa shape index (κ3) is 4.87. The van der Waals surface area contributed by atoms with E-state index in [4.69, 9.17) is 10.3 Å². The summed E-state index contributed by atoms with van der Waals surface area (Å²) in [4.78, 5) is 25.8. The van der Waals surface area contributed by atoms with Gasteiger partial charge < -0.3 is 14.7 Å². The van der Waals surface area contributed by atoms with Crippen molar-refractivity contribution in [3.05, 3.63) is 34.0 Å². The zero-order valence-electron chi connectivity index (χ0n) is 19.8. The molecule has 1 saturated carbocycles. The Hall–Kier alpha value is -2.19. The molecule has 0 spiro atoms. The Bertz CT molecular complexity index is 896. The molecule has 1 aliphatic carbocycles. The van der Waals surface area contributed by atoms with Gasteiger partial charge in [-0.2, -0.15) is 0 Å². The highest BCUT2D eigenvalue weighted by Crippen LogP contribution is 2.48. The Morgan fingerprint density at radius 1 is 1.39 bits per heavy atom. The van der Waals surface area contributed by atoms with Crippen LogP contribution in [0.3, 0.4) is 0 Å². The van der Waals surface area contributed by atoms with E-state index >= 15 is 0 Å². The van der Waals surface area contributed by atoms with Gasteiger partial charge in [0.1, 0.15) is 0 Å². The number of carbonyl (C=O) groups excluding carboxylic acids is 1. The van der Waals surface area contributed by atoms with Gasteiger partial charge in [0.05, 0.1) is 17.7 Å². The fraction of sp³-hybridized carbons (Fsp3) is 0.750. The number of rotatable bonds is 7. The van der Waals surface area contributed by atoms with Crippen LogP contribution in [0.15, 0.2) is 17.4 Å². The zero-order chi connectivity index (χ0) is 23.4. The van der Waals surface area contributed by atoms with Gasteiger partial charge in [-0.05, 0) is 55.2 Å². The molecule has 4 rings (SSSR count). The van der Waals surface area contributed by atoms with Crippen LogP contribution >= 0.6 is 0 Å². The number of pyridine rings is 1. The minimum Gasteiger partial charge on any atom is -0.395 e. The Morgan fingerprint density at radius 3 is 2.88 bits per heavy atom. The van der Waals surface area contributed by atoms with Crippen LogP contribution in [-0.4, -0.2) is 70.8 Å². The molecule has 1 unspecified atom stereocenters. The van der Waals surface area contributed by atoms with E-state index in [-0.39, 0.29) is 18.4 Å². The molecule has 9 nitrogen and oxygen atoms in total. The lowest BCUT2D eigenvalue weighted by atomic mass is 9.73. The molecule has 1 N–H and O–H groups in total. The quantitative estimate of drug-likeness (QED) is 0.383. The lowest BCUT2D eigenvalue weighted by molar-refractivity contribution is -0.146. The van der Waals surface area contributed by atoms with Gasteiger partial charge in [0, 0.05) is 68.2 Å². The van der Waals surface area contributed by atoms with E-state index in [1.54, 1.807) is 6.20 Å². The summed E-state index contributed by atoms with van der Waals surface area (Å²) in [5.41, 5.74) is 10.8. The molecule has 1 aromatic rings. The number of nitrogens with zero attached hydrogens (tertiary/aromatic N) is 6. The summed E-state index contributed by atoms with van der Waals surface area (Å²) in [5, 5.41) is 13.4. The van der Waals surface area contributed by atoms with Crippen LogP contribution in [0.1, 0.15) is 57.2 Å². The van der Waals surface area contributed by atoms with E-state index in [0.29, 0.717) is 43.8 Å². The van der Waals surface area contributed by atoms with Gasteiger partial charge in [0.2, 0.25) is 5.91 Å². The van der Waals surface area contributed by atoms with Gasteiger partial charge in [-0.25, -0.2) is 0 Å². The normalized spacial score (nSPS) is 25.8. The number of carbonyl (C=O) groups is 1. The smallest absolute Gasteiger partial charge is 0.229 e. The third-order valence-electron chi connectivity index (χ3n) is 8.01. The first-order valence-corrected chi connectivity index (χ1v) is 12.2. The van der Waals surface area contributed by atoms with Crippen molar-refractivity contribution >= 4 is 11.6 Å². The van der Waals surface area contributed by atoms with E-state index < -0.39 is 5.41 Å². The van der Waals surface area contributed by atoms with Gasteiger partial charge in [-0.15, -0.1) is 0 Å². The topological polar surface area (TPSA) is 115 Å². The molecule has 3 aliphatic rings. The lowest BCUT2D eigenvalue weighted by Crippen LogP contribution is -2.50. The number of azide groups is 1. The Kier molecular flexibility index (Phi) is 7.54. The van der Waals surface area contributed by atoms with Crippen LogP contribution in [-0.2, 0) is 22.5 Å². The second-order valence-electron chi connectivity index (χ2n) is 9.98. The summed E-state index contributed by atoms with van der Waals surface area (Å²) in [5.74, 6) is 0.463. The second-order valence-corrected chi connectivity index (χ2v) is 9.98. The number of hydrogen-bond acceptors (Lipinski definition) is 6. The van der Waals surface area contributed by atoms with Crippen LogP contribution in [0.5, 0.6) is 0 Å². The summed E-state index contributed by atoms with van der Waals surface area (Å²) in [6.45, 7) is 7.85. The zero-order valence-corrected chi connectivity index (χ0v) is 19.8. The molecule has 9 heteroatoms. The average molecular weight is 457 g/mol. The molecular weight excluding hydrogens is 420 g/mol. The summed E-state index contributed by atoms with van der Waals surface area (Å²) >= 11 is 0. The highest BCUT2D eigenvalue weighted by atomic mass is 16.5. The minimum atomic E-state index is -0.392. The fourth-order valence-electron chi connectivity index (χ4n) is 6.10. The number of amides is 1. The molecule has 33 heavy (non-hydrogen) atoms. The van der Waals surface area contributed by atoms with E-state index in [0.717, 1.165) is 56.6 Å². The van der Waals surface area contributed by atoms with Gasteiger partial charge in [0.15, 0.2) is 0 Å². The van der Waals surface area contributed by atoms with E-state index in [1.165, 1.54) is 0 Å². The van der Waals surface area contributed by atoms with Crippen LogP contribution in [0.4, 0.5) is 5.69 Å². The first-order chi connectivity index (χ1) is 16.0. The highest BCUT2D eigenvalue weighted by molar-refractivity contribution is 5.84. The number of fused-ring (bicyclic) bond motifs is 1. The van der Waals surface area contributed by atoms with Gasteiger partial charge in [-0.3, -0.25) is 14.7 Å². The van der Waals surface area contributed by atoms with Gasteiger partial charge >= 0.3 is 0 Å². The number of aliphatic hydroxyl groups excluding tert-OH is 1. The monoisotopic (exact) mass is 456 g/mol. The molecule has 0 radical (unpaired) electrons. The van der Waals surface area contributed by atoms with Crippen molar-refractivity contribution in [1.82, 2.24) is 14.8 Å². The van der Waals surface area contributed by atoms with Crippen molar-refractivity contribution in [2.45, 2.75) is 71.0 Å². The van der Waals surface area contributed by atoms with Crippen LogP contribution < -0.4 is 0 Å². The van der Waals surface area contributed by atoms with Gasteiger partial charge in [0.25, 0.3) is 0 Å². The van der Waals surface area contributed by atoms with Crippen molar-refractivity contribution in [2.75, 3.05) is 32.9 Å². The largest absolute Gasteiger partial charge is 0.395 e. The molecule has 1 amide bonds. The molecule has 180 valence electrons. The minimum absolute atomic E-state index is 0.139. The standard InChI is InChI=1S/C24H36N6O3/c1-17(2)24(7-3-21(14-24)30(9-10-31)20-5-11-33-12-6-20)23(32)29-8-4-22-18(16-29)13-19(15-26-22)27-28-25/h13,15,17,20-21,31H,3-12,14,16H2,1-2H3/t21?,24-/m0/s1. The Labute approximate surface area is 195 Å². The number of aliphatic hydroxyl groups is 1. The number of aromatic nitrogens is 1. The number of hydrogen-bond donors (Lipinski definition) is 1. The Balaban J connectivity index is 1.52. The van der Waals surface area contributed by atoms with Crippen LogP contribution in [0, 0.1) is 11.3 Å². The van der Waals surface area contributed by atoms with Crippen LogP contribution in [0.2, 0.25) is 0 Å². The average Bonchev–Trinajstić information content (AvgIpc) is 3.29. The molecule has 3 heterocycles. The van der Waals surface area contributed by atoms with Gasteiger partial charge in [-0.1, -0.05) is 19.0 Å². The number of ether oxygens (including phenoxy) is 1. The first kappa shape index (κ1) is 24.0. The molecule has 0 bridgehead atoms. The van der Waals surface area contributed by atoms with Crippen molar-refractivity contribution < 1.29 is 14.6 Å². The molecule has 0 aromatic carbocycles. The molecular formula is C24H36N6O3. The molecule has 1 saturated heterocycles. The highest BCUT2D eigenvalue weighted by Gasteiger charge is 2.51. The first-order valence-electron chi connectivity index (χ1n) is 12.2. The molecule has 2 aliphatic heterocycles. The van der Waals surface area contributed by atoms with Crippen molar-refractivity contribution in [1.29, 1.82) is 0 Å². The maximum absolute atomic E-state index is 14.0. The SMILES string of the molecule is CC(C)[C@]1(C(=O)N2CCc3ncc(N=[N+]=[N-])cc3C2)CCC(N(CCO)C2CCOCC2)C1. The lowest BCUT2D eigenvalue weighted by Gasteiger charge is -2.42. The van der Waals surface area contributed by atoms with E-state index in [9.17, 15) is 9.90 Å². The fourth-order valence-corrected chi connectivity index (χ4v) is 6.10. The maximum atomic E-state index is 14.0. The summed E-state index contributed by atoms with van der Waals surface area (Å²) < 4.78 is 5.56. The summed E-state index contributed by atoms with van der Waals surface area (Å²) in [6.07, 6.45) is 6.98. The van der Waals surface area contributed by atoms with Crippen molar-refractivity contribution in [3.63, 3.8) is 0 Å². The maximum Gasteiger partial charge on any atom is 0.229 e. The predicted octanol–water partition coefficient (Wildman–Crippen LogP) is 3.58. The second kappa shape index (κ2) is 10.4. The third-order valence-corrected chi connectivity index (χ3v) is 8.01. The van der Waals surface area contributed by atoms with Crippen molar-refractivity contribution in [3.8, 4) is 0 Å². The van der Waals surface area contributed by atoms with E-state index in [1.807, 2.05) is 11.0 Å².